The molecule has 0 aromatic heterocycles. The van der Waals surface area contributed by atoms with Gasteiger partial charge < -0.3 is 10.1 Å². The maximum atomic E-state index is 5.67. The molecule has 1 aromatic carbocycles. The monoisotopic (exact) mass is 293 g/mol. The van der Waals surface area contributed by atoms with Crippen LogP contribution in [0.15, 0.2) is 16.6 Å². The van der Waals surface area contributed by atoms with Crippen molar-refractivity contribution in [3.63, 3.8) is 0 Å². The Labute approximate surface area is 111 Å². The van der Waals surface area contributed by atoms with E-state index in [-0.39, 0.29) is 0 Å². The van der Waals surface area contributed by atoms with Crippen LogP contribution in [0.1, 0.15) is 24.0 Å². The Morgan fingerprint density at radius 2 is 2.35 bits per heavy atom. The first-order valence-electron chi connectivity index (χ1n) is 5.89. The zero-order chi connectivity index (χ0) is 12.1. The number of hydrogen-bond acceptors (Lipinski definition) is 2. The van der Waals surface area contributed by atoms with Crippen LogP contribution < -0.4 is 10.1 Å². The van der Waals surface area contributed by atoms with Crippen molar-refractivity contribution >= 4 is 15.9 Å². The van der Waals surface area contributed by atoms with Crippen molar-refractivity contribution < 1.29 is 4.74 Å². The summed E-state index contributed by atoms with van der Waals surface area (Å²) in [6, 6.07) is 4.27. The predicted molar refractivity (Wildman–Crippen MR) is 73.1 cm³/mol. The van der Waals surface area contributed by atoms with Crippen LogP contribution in [0.2, 0.25) is 0 Å². The summed E-state index contributed by atoms with van der Waals surface area (Å²) in [7, 11) is 0. The van der Waals surface area contributed by atoms with Gasteiger partial charge in [-0.2, -0.15) is 0 Å². The minimum Gasteiger partial charge on any atom is -0.493 e. The third kappa shape index (κ3) is 3.24. The van der Waals surface area contributed by atoms with Gasteiger partial charge in [-0.05, 0) is 30.7 Å². The van der Waals surface area contributed by atoms with Crippen molar-refractivity contribution in [2.45, 2.75) is 25.8 Å². The van der Waals surface area contributed by atoms with E-state index in [0.717, 1.165) is 49.2 Å². The SMILES string of the molecule is C#CCCCNCc1cc(Br)cc2c1OCC2. The van der Waals surface area contributed by atoms with Crippen molar-refractivity contribution in [1.29, 1.82) is 0 Å². The van der Waals surface area contributed by atoms with Gasteiger partial charge in [0, 0.05) is 29.4 Å². The van der Waals surface area contributed by atoms with Crippen LogP contribution >= 0.6 is 15.9 Å². The van der Waals surface area contributed by atoms with Gasteiger partial charge in [-0.15, -0.1) is 12.3 Å². The third-order valence-electron chi connectivity index (χ3n) is 2.82. The van der Waals surface area contributed by atoms with E-state index in [1.165, 1.54) is 11.1 Å². The molecule has 2 rings (SSSR count). The summed E-state index contributed by atoms with van der Waals surface area (Å²) in [5, 5.41) is 3.40. The maximum Gasteiger partial charge on any atom is 0.127 e. The quantitative estimate of drug-likeness (QED) is 0.666. The lowest BCUT2D eigenvalue weighted by Crippen LogP contribution is -2.15. The molecule has 3 heteroatoms. The molecule has 0 bridgehead atoms. The highest BCUT2D eigenvalue weighted by Gasteiger charge is 2.16. The van der Waals surface area contributed by atoms with Gasteiger partial charge in [0.25, 0.3) is 0 Å². The van der Waals surface area contributed by atoms with Crippen molar-refractivity contribution in [3.8, 4) is 18.1 Å². The van der Waals surface area contributed by atoms with Gasteiger partial charge in [-0.1, -0.05) is 15.9 Å². The average Bonchev–Trinajstić information content (AvgIpc) is 2.76. The molecule has 0 saturated heterocycles. The van der Waals surface area contributed by atoms with Crippen LogP contribution in [0.5, 0.6) is 5.75 Å². The number of terminal acetylenes is 1. The molecule has 0 radical (unpaired) electrons. The van der Waals surface area contributed by atoms with E-state index in [2.05, 4.69) is 39.3 Å². The molecular weight excluding hydrogens is 278 g/mol. The van der Waals surface area contributed by atoms with E-state index in [1.54, 1.807) is 0 Å². The lowest BCUT2D eigenvalue weighted by molar-refractivity contribution is 0.352. The van der Waals surface area contributed by atoms with Crippen LogP contribution in [0.25, 0.3) is 0 Å². The lowest BCUT2D eigenvalue weighted by Gasteiger charge is -2.10. The van der Waals surface area contributed by atoms with E-state index < -0.39 is 0 Å². The molecule has 0 atom stereocenters. The van der Waals surface area contributed by atoms with Crippen LogP contribution in [-0.4, -0.2) is 13.2 Å². The highest BCUT2D eigenvalue weighted by Crippen LogP contribution is 2.32. The summed E-state index contributed by atoms with van der Waals surface area (Å²) in [5.74, 6) is 3.71. The zero-order valence-electron chi connectivity index (χ0n) is 9.76. The van der Waals surface area contributed by atoms with Crippen LogP contribution in [-0.2, 0) is 13.0 Å². The van der Waals surface area contributed by atoms with Gasteiger partial charge in [0.2, 0.25) is 0 Å². The Balaban J connectivity index is 1.94. The topological polar surface area (TPSA) is 21.3 Å². The Kier molecular flexibility index (Phi) is 4.47. The standard InChI is InChI=1S/C14H16BrNO/c1-2-3-4-6-16-10-12-9-13(15)8-11-5-7-17-14(11)12/h1,8-9,16H,3-7,10H2. The Morgan fingerprint density at radius 3 is 3.18 bits per heavy atom. The molecule has 17 heavy (non-hydrogen) atoms. The summed E-state index contributed by atoms with van der Waals surface area (Å²) < 4.78 is 6.80. The third-order valence-corrected chi connectivity index (χ3v) is 3.27. The Bertz CT molecular complexity index is 437. The van der Waals surface area contributed by atoms with Crippen LogP contribution in [0.3, 0.4) is 0 Å². The highest BCUT2D eigenvalue weighted by atomic mass is 79.9. The smallest absolute Gasteiger partial charge is 0.127 e. The van der Waals surface area contributed by atoms with Gasteiger partial charge in [-0.3, -0.25) is 0 Å². The van der Waals surface area contributed by atoms with E-state index in [0.29, 0.717) is 0 Å². The molecule has 0 spiro atoms. The van der Waals surface area contributed by atoms with Gasteiger partial charge in [0.05, 0.1) is 6.61 Å². The number of nitrogens with one attached hydrogen (secondary N) is 1. The number of hydrogen-bond donors (Lipinski definition) is 1. The Hall–Kier alpha value is -0.980. The molecule has 1 aliphatic heterocycles. The largest absolute Gasteiger partial charge is 0.493 e. The molecule has 0 aliphatic carbocycles. The molecule has 90 valence electrons. The highest BCUT2D eigenvalue weighted by molar-refractivity contribution is 9.10. The van der Waals surface area contributed by atoms with Crippen molar-refractivity contribution in [1.82, 2.24) is 5.32 Å². The fraction of sp³-hybridized carbons (Fsp3) is 0.429. The summed E-state index contributed by atoms with van der Waals surface area (Å²) in [4.78, 5) is 0. The number of ether oxygens (including phenoxy) is 1. The first kappa shape index (κ1) is 12.5. The normalized spacial score (nSPS) is 12.9. The summed E-state index contributed by atoms with van der Waals surface area (Å²) in [6.07, 6.45) is 8.08. The average molecular weight is 294 g/mol. The van der Waals surface area contributed by atoms with Gasteiger partial charge in [0.15, 0.2) is 0 Å². The second-order valence-electron chi connectivity index (χ2n) is 4.14. The fourth-order valence-corrected chi connectivity index (χ4v) is 2.57. The molecule has 1 heterocycles. The fourth-order valence-electron chi connectivity index (χ4n) is 2.02. The molecule has 1 aliphatic rings. The predicted octanol–water partition coefficient (Wildman–Crippen LogP) is 2.89. The van der Waals surface area contributed by atoms with E-state index in [4.69, 9.17) is 11.2 Å². The number of benzene rings is 1. The molecule has 0 saturated carbocycles. The Morgan fingerprint density at radius 1 is 1.47 bits per heavy atom. The van der Waals surface area contributed by atoms with Crippen molar-refractivity contribution in [2.24, 2.45) is 0 Å². The zero-order valence-corrected chi connectivity index (χ0v) is 11.3. The van der Waals surface area contributed by atoms with E-state index in [9.17, 15) is 0 Å². The van der Waals surface area contributed by atoms with E-state index >= 15 is 0 Å². The van der Waals surface area contributed by atoms with Gasteiger partial charge in [0.1, 0.15) is 5.75 Å². The summed E-state index contributed by atoms with van der Waals surface area (Å²) in [5.41, 5.74) is 2.53. The first-order chi connectivity index (χ1) is 8.31. The van der Waals surface area contributed by atoms with Gasteiger partial charge in [-0.25, -0.2) is 0 Å². The molecule has 0 unspecified atom stereocenters. The van der Waals surface area contributed by atoms with Crippen molar-refractivity contribution in [2.75, 3.05) is 13.2 Å². The molecular formula is C14H16BrNO. The number of fused-ring (bicyclic) bond motifs is 1. The molecule has 0 amide bonds. The number of halogens is 1. The van der Waals surface area contributed by atoms with Crippen LogP contribution in [0.4, 0.5) is 0 Å². The number of rotatable bonds is 5. The number of unbranched alkanes of at least 4 members (excludes halogenated alkanes) is 1. The molecule has 2 nitrogen and oxygen atoms in total. The van der Waals surface area contributed by atoms with Crippen LogP contribution in [0, 0.1) is 12.3 Å². The second-order valence-corrected chi connectivity index (χ2v) is 5.05. The summed E-state index contributed by atoms with van der Waals surface area (Å²) >= 11 is 3.54. The van der Waals surface area contributed by atoms with E-state index in [1.807, 2.05) is 0 Å². The second kappa shape index (κ2) is 6.09. The van der Waals surface area contributed by atoms with Gasteiger partial charge >= 0.3 is 0 Å². The molecule has 0 fully saturated rings. The minimum atomic E-state index is 0.801. The summed E-state index contributed by atoms with van der Waals surface area (Å²) in [6.45, 7) is 2.59. The molecule has 1 aromatic rings. The lowest BCUT2D eigenvalue weighted by atomic mass is 10.1. The molecule has 1 N–H and O–H groups in total. The van der Waals surface area contributed by atoms with Crippen molar-refractivity contribution in [3.05, 3.63) is 27.7 Å². The minimum absolute atomic E-state index is 0.801. The first-order valence-corrected chi connectivity index (χ1v) is 6.69. The maximum absolute atomic E-state index is 5.67.